The van der Waals surface area contributed by atoms with E-state index in [1.165, 1.54) is 77.2 Å². The average Bonchev–Trinajstić information content (AvgIpc) is 2.50. The lowest BCUT2D eigenvalue weighted by molar-refractivity contribution is -0.705. The third kappa shape index (κ3) is 7.11. The highest BCUT2D eigenvalue weighted by atomic mass is 15.0. The molecular formula is C20H36N+. The lowest BCUT2D eigenvalue weighted by atomic mass is 10.0. The summed E-state index contributed by atoms with van der Waals surface area (Å²) < 4.78 is 2.55. The van der Waals surface area contributed by atoms with Gasteiger partial charge in [0.15, 0.2) is 11.9 Å². The summed E-state index contributed by atoms with van der Waals surface area (Å²) in [6, 6.07) is 4.63. The maximum atomic E-state index is 2.55. The smallest absolute Gasteiger partial charge is 0.184 e. The molecule has 120 valence electrons. The number of hydrogen-bond acceptors (Lipinski definition) is 0. The van der Waals surface area contributed by atoms with Crippen LogP contribution in [0, 0.1) is 0 Å². The Kier molecular flexibility index (Phi) is 10.2. The van der Waals surface area contributed by atoms with E-state index in [0.717, 1.165) is 0 Å². The second-order valence-corrected chi connectivity index (χ2v) is 6.29. The Balaban J connectivity index is 2.75. The fourth-order valence-electron chi connectivity index (χ4n) is 3.02. The van der Waals surface area contributed by atoms with Crippen molar-refractivity contribution in [2.45, 2.75) is 97.9 Å². The third-order valence-electron chi connectivity index (χ3n) is 4.35. The molecule has 21 heavy (non-hydrogen) atoms. The molecular weight excluding hydrogens is 254 g/mol. The summed E-state index contributed by atoms with van der Waals surface area (Å²) >= 11 is 0. The molecule has 0 atom stereocenters. The molecule has 0 N–H and O–H groups in total. The molecule has 0 aliphatic rings. The minimum Gasteiger partial charge on any atom is -0.202 e. The summed E-state index contributed by atoms with van der Waals surface area (Å²) in [6.45, 7) is 8.07. The van der Waals surface area contributed by atoms with Crippen LogP contribution in [0.4, 0.5) is 0 Å². The van der Waals surface area contributed by atoms with Crippen molar-refractivity contribution in [2.75, 3.05) is 0 Å². The van der Waals surface area contributed by atoms with E-state index in [1.54, 1.807) is 11.3 Å². The topological polar surface area (TPSA) is 3.88 Å². The zero-order valence-electron chi connectivity index (χ0n) is 14.7. The monoisotopic (exact) mass is 290 g/mol. The molecule has 1 heterocycles. The van der Waals surface area contributed by atoms with Gasteiger partial charge in [0.1, 0.15) is 6.54 Å². The first kappa shape index (κ1) is 18.2. The summed E-state index contributed by atoms with van der Waals surface area (Å²) in [6.07, 6.45) is 16.8. The highest BCUT2D eigenvalue weighted by Crippen LogP contribution is 2.13. The van der Waals surface area contributed by atoms with E-state index in [9.17, 15) is 0 Å². The Morgan fingerprint density at radius 3 is 2.05 bits per heavy atom. The highest BCUT2D eigenvalue weighted by Gasteiger charge is 2.15. The number of nitrogens with zero attached hydrogens (tertiary/aromatic N) is 1. The Morgan fingerprint density at radius 2 is 1.38 bits per heavy atom. The van der Waals surface area contributed by atoms with Crippen molar-refractivity contribution in [3.05, 3.63) is 29.6 Å². The zero-order valence-corrected chi connectivity index (χ0v) is 14.7. The van der Waals surface area contributed by atoms with Gasteiger partial charge >= 0.3 is 0 Å². The van der Waals surface area contributed by atoms with E-state index < -0.39 is 0 Å². The molecule has 1 aromatic heterocycles. The van der Waals surface area contributed by atoms with Crippen molar-refractivity contribution >= 4 is 0 Å². The maximum Gasteiger partial charge on any atom is 0.184 e. The molecule has 0 bridgehead atoms. The molecule has 0 radical (unpaired) electrons. The molecule has 0 saturated heterocycles. The molecule has 0 unspecified atom stereocenters. The van der Waals surface area contributed by atoms with Crippen molar-refractivity contribution in [2.24, 2.45) is 0 Å². The van der Waals surface area contributed by atoms with E-state index in [1.807, 2.05) is 0 Å². The van der Waals surface area contributed by atoms with Gasteiger partial charge < -0.3 is 0 Å². The van der Waals surface area contributed by atoms with Crippen molar-refractivity contribution in [1.82, 2.24) is 0 Å². The van der Waals surface area contributed by atoms with Crippen LogP contribution in [0.2, 0.25) is 0 Å². The van der Waals surface area contributed by atoms with E-state index in [0.29, 0.717) is 0 Å². The first-order valence-corrected chi connectivity index (χ1v) is 9.33. The van der Waals surface area contributed by atoms with Gasteiger partial charge in [-0.25, -0.2) is 4.57 Å². The van der Waals surface area contributed by atoms with Crippen LogP contribution in [0.5, 0.6) is 0 Å². The molecule has 0 aliphatic heterocycles. The van der Waals surface area contributed by atoms with Gasteiger partial charge in [0, 0.05) is 24.5 Å². The summed E-state index contributed by atoms with van der Waals surface area (Å²) in [7, 11) is 0. The van der Waals surface area contributed by atoms with E-state index in [4.69, 9.17) is 0 Å². The summed E-state index contributed by atoms with van der Waals surface area (Å²) in [5.41, 5.74) is 3.23. The van der Waals surface area contributed by atoms with Crippen LogP contribution < -0.4 is 4.57 Å². The minimum absolute atomic E-state index is 1.21. The van der Waals surface area contributed by atoms with Crippen molar-refractivity contribution in [3.63, 3.8) is 0 Å². The van der Waals surface area contributed by atoms with Crippen LogP contribution in [0.1, 0.15) is 89.8 Å². The number of aromatic nitrogens is 1. The SMILES string of the molecule is CCCCCc1ccc[n+](CCCCC)c1CCCCC. The molecule has 1 rings (SSSR count). The highest BCUT2D eigenvalue weighted by molar-refractivity contribution is 5.16. The van der Waals surface area contributed by atoms with Crippen molar-refractivity contribution < 1.29 is 4.57 Å². The first-order chi connectivity index (χ1) is 10.3. The second kappa shape index (κ2) is 11.8. The number of pyridine rings is 1. The van der Waals surface area contributed by atoms with Gasteiger partial charge in [-0.15, -0.1) is 0 Å². The number of hydrogen-bond donors (Lipinski definition) is 0. The van der Waals surface area contributed by atoms with Crippen LogP contribution in [-0.4, -0.2) is 0 Å². The lowest BCUT2D eigenvalue weighted by Gasteiger charge is -2.09. The third-order valence-corrected chi connectivity index (χ3v) is 4.35. The van der Waals surface area contributed by atoms with Gasteiger partial charge in [0.2, 0.25) is 0 Å². The lowest BCUT2D eigenvalue weighted by Crippen LogP contribution is -2.39. The molecule has 1 heteroatoms. The molecule has 0 fully saturated rings. The fraction of sp³-hybridized carbons (Fsp3) is 0.750. The normalized spacial score (nSPS) is 11.0. The van der Waals surface area contributed by atoms with E-state index in [2.05, 4.69) is 43.7 Å². The predicted molar refractivity (Wildman–Crippen MR) is 92.6 cm³/mol. The van der Waals surface area contributed by atoms with E-state index in [-0.39, 0.29) is 0 Å². The molecule has 0 aromatic carbocycles. The first-order valence-electron chi connectivity index (χ1n) is 9.33. The zero-order chi connectivity index (χ0) is 15.3. The van der Waals surface area contributed by atoms with Gasteiger partial charge in [-0.2, -0.15) is 0 Å². The largest absolute Gasteiger partial charge is 0.202 e. The maximum absolute atomic E-state index is 2.55. The Bertz CT molecular complexity index is 342. The van der Waals surface area contributed by atoms with Gasteiger partial charge in [0.25, 0.3) is 0 Å². The van der Waals surface area contributed by atoms with Gasteiger partial charge in [-0.1, -0.05) is 52.9 Å². The fourth-order valence-corrected chi connectivity index (χ4v) is 3.02. The molecule has 0 saturated carbocycles. The standard InChI is InChI=1S/C20H36N/c1-4-7-10-14-19-15-13-18-21(17-12-9-6-3)20(19)16-11-8-5-2/h13,15,18H,4-12,14,16-17H2,1-3H3/q+1. The van der Waals surface area contributed by atoms with Gasteiger partial charge in [-0.3, -0.25) is 0 Å². The molecule has 1 nitrogen and oxygen atoms in total. The molecule has 0 spiro atoms. The minimum atomic E-state index is 1.21. The van der Waals surface area contributed by atoms with Crippen LogP contribution in [-0.2, 0) is 19.4 Å². The molecule has 0 amide bonds. The summed E-state index contributed by atoms with van der Waals surface area (Å²) in [5, 5.41) is 0. The summed E-state index contributed by atoms with van der Waals surface area (Å²) in [5.74, 6) is 0. The van der Waals surface area contributed by atoms with Crippen LogP contribution in [0.3, 0.4) is 0 Å². The molecule has 0 aliphatic carbocycles. The molecule has 1 aromatic rings. The Morgan fingerprint density at radius 1 is 0.762 bits per heavy atom. The Labute approximate surface area is 132 Å². The van der Waals surface area contributed by atoms with Crippen molar-refractivity contribution in [3.8, 4) is 0 Å². The predicted octanol–water partition coefficient (Wildman–Crippen LogP) is 5.63. The van der Waals surface area contributed by atoms with Crippen molar-refractivity contribution in [1.29, 1.82) is 0 Å². The number of unbranched alkanes of at least 4 members (excludes halogenated alkanes) is 6. The number of aryl methyl sites for hydroxylation is 2. The Hall–Kier alpha value is -0.850. The number of rotatable bonds is 12. The van der Waals surface area contributed by atoms with Crippen LogP contribution >= 0.6 is 0 Å². The average molecular weight is 291 g/mol. The second-order valence-electron chi connectivity index (χ2n) is 6.29. The van der Waals surface area contributed by atoms with E-state index >= 15 is 0 Å². The quantitative estimate of drug-likeness (QED) is 0.347. The summed E-state index contributed by atoms with van der Waals surface area (Å²) in [4.78, 5) is 0. The van der Waals surface area contributed by atoms with Gasteiger partial charge in [0.05, 0.1) is 0 Å². The van der Waals surface area contributed by atoms with Gasteiger partial charge in [-0.05, 0) is 31.7 Å². The van der Waals surface area contributed by atoms with Crippen LogP contribution in [0.15, 0.2) is 18.3 Å². The van der Waals surface area contributed by atoms with Crippen LogP contribution in [0.25, 0.3) is 0 Å².